The summed E-state index contributed by atoms with van der Waals surface area (Å²) in [4.78, 5) is 12.5. The average Bonchev–Trinajstić information content (AvgIpc) is 3.31. The van der Waals surface area contributed by atoms with Crippen molar-refractivity contribution in [3.8, 4) is 11.5 Å². The maximum absolute atomic E-state index is 12.5. The molecule has 0 unspecified atom stereocenters. The highest BCUT2D eigenvalue weighted by Gasteiger charge is 2.61. The lowest BCUT2D eigenvalue weighted by atomic mass is 9.87. The molecule has 0 radical (unpaired) electrons. The molecule has 0 aromatic heterocycles. The molecule has 7 atom stereocenters. The van der Waals surface area contributed by atoms with Crippen LogP contribution in [0, 0.1) is 5.92 Å². The van der Waals surface area contributed by atoms with Crippen molar-refractivity contribution in [2.45, 2.75) is 89.4 Å². The Bertz CT molecular complexity index is 1160. The van der Waals surface area contributed by atoms with E-state index in [9.17, 15) is 35.4 Å². The van der Waals surface area contributed by atoms with E-state index in [-0.39, 0.29) is 17.9 Å². The topological polar surface area (TPSA) is 166 Å². The average molecular weight is 575 g/mol. The van der Waals surface area contributed by atoms with Crippen molar-refractivity contribution < 1.29 is 49.6 Å². The Balaban J connectivity index is 1.59. The van der Waals surface area contributed by atoms with Crippen molar-refractivity contribution in [2.75, 3.05) is 6.61 Å². The number of aliphatic hydroxyl groups excluding tert-OH is 4. The molecule has 1 fully saturated rings. The van der Waals surface area contributed by atoms with E-state index < -0.39 is 54.6 Å². The zero-order valence-electron chi connectivity index (χ0n) is 23.7. The van der Waals surface area contributed by atoms with Crippen LogP contribution in [0.5, 0.6) is 11.5 Å². The lowest BCUT2D eigenvalue weighted by Gasteiger charge is -2.47. The molecule has 1 aromatic carbocycles. The molecular weight excluding hydrogens is 532 g/mol. The predicted octanol–water partition coefficient (Wildman–Crippen LogP) is 3.00. The van der Waals surface area contributed by atoms with E-state index in [4.69, 9.17) is 14.2 Å². The van der Waals surface area contributed by atoms with Crippen molar-refractivity contribution in [1.29, 1.82) is 0 Å². The van der Waals surface area contributed by atoms with Gasteiger partial charge in [-0.15, -0.1) is 0 Å². The molecule has 10 nitrogen and oxygen atoms in total. The van der Waals surface area contributed by atoms with E-state index in [1.54, 1.807) is 12.2 Å². The van der Waals surface area contributed by atoms with Crippen LogP contribution in [-0.2, 0) is 31.4 Å². The van der Waals surface area contributed by atoms with E-state index in [2.05, 4.69) is 19.9 Å². The summed E-state index contributed by atoms with van der Waals surface area (Å²) in [6.45, 7) is 5.40. The van der Waals surface area contributed by atoms with Crippen LogP contribution in [0.3, 0.4) is 0 Å². The lowest BCUT2D eigenvalue weighted by Crippen LogP contribution is -2.64. The summed E-state index contributed by atoms with van der Waals surface area (Å²) < 4.78 is 16.7. The summed E-state index contributed by atoms with van der Waals surface area (Å²) in [5.74, 6) is -2.89. The molecule has 2 heterocycles. The molecule has 2 aliphatic heterocycles. The van der Waals surface area contributed by atoms with E-state index in [0.29, 0.717) is 17.9 Å². The van der Waals surface area contributed by atoms with Crippen LogP contribution in [0.2, 0.25) is 0 Å². The van der Waals surface area contributed by atoms with Gasteiger partial charge in [-0.05, 0) is 49.3 Å². The third-order valence-electron chi connectivity index (χ3n) is 7.53. The fraction of sp³-hybridized carbons (Fsp3) is 0.516. The van der Waals surface area contributed by atoms with Gasteiger partial charge in [-0.2, -0.15) is 0 Å². The Morgan fingerprint density at radius 2 is 1.95 bits per heavy atom. The molecule has 41 heavy (non-hydrogen) atoms. The number of phenols is 2. The maximum Gasteiger partial charge on any atom is 0.331 e. The van der Waals surface area contributed by atoms with Gasteiger partial charge < -0.3 is 44.8 Å². The third-order valence-corrected chi connectivity index (χ3v) is 7.53. The minimum absolute atomic E-state index is 0.0113. The minimum atomic E-state index is -2.04. The summed E-state index contributed by atoms with van der Waals surface area (Å²) in [5.41, 5.74) is 1.15. The first-order valence-corrected chi connectivity index (χ1v) is 13.9. The van der Waals surface area contributed by atoms with Gasteiger partial charge in [-0.1, -0.05) is 56.7 Å². The van der Waals surface area contributed by atoms with Gasteiger partial charge in [-0.3, -0.25) is 0 Å². The van der Waals surface area contributed by atoms with Crippen molar-refractivity contribution in [3.05, 3.63) is 71.4 Å². The number of allylic oxidation sites excluding steroid dienone is 5. The van der Waals surface area contributed by atoms with Crippen LogP contribution in [0.25, 0.3) is 0 Å². The maximum atomic E-state index is 12.5. The standard InChI is InChI=1S/C31H42O10/c1-4-19(2)11-7-5-8-12-20(3)23(34)13-9-6-10-14-26(36)40-29-28(37)25(17-32)41-31(30(29)38)27-21(18-39-31)15-22(33)16-24(27)35/h5-6,8-10,12,14-16,19,23,25,28-30,32-35,37-38H,4,7,11,13,17-18H2,1-3H3/t19-,23-,25+,28+,29+,30+,31-/m0/s1. The van der Waals surface area contributed by atoms with Crippen molar-refractivity contribution >= 4 is 5.97 Å². The van der Waals surface area contributed by atoms with Gasteiger partial charge in [0.05, 0.1) is 24.9 Å². The van der Waals surface area contributed by atoms with Crippen molar-refractivity contribution in [2.24, 2.45) is 5.92 Å². The minimum Gasteiger partial charge on any atom is -0.508 e. The molecule has 0 aliphatic carbocycles. The van der Waals surface area contributed by atoms with E-state index >= 15 is 0 Å². The molecule has 0 amide bonds. The Morgan fingerprint density at radius 3 is 2.66 bits per heavy atom. The number of rotatable bonds is 12. The molecule has 3 rings (SSSR count). The molecule has 1 saturated heterocycles. The largest absolute Gasteiger partial charge is 0.508 e. The molecule has 0 bridgehead atoms. The smallest absolute Gasteiger partial charge is 0.331 e. The van der Waals surface area contributed by atoms with Crippen LogP contribution in [0.15, 0.2) is 60.2 Å². The molecule has 10 heteroatoms. The van der Waals surface area contributed by atoms with E-state index in [1.807, 2.05) is 19.1 Å². The quantitative estimate of drug-likeness (QED) is 0.124. The van der Waals surface area contributed by atoms with Crippen LogP contribution in [-0.4, -0.2) is 73.7 Å². The zero-order valence-corrected chi connectivity index (χ0v) is 23.7. The van der Waals surface area contributed by atoms with E-state index in [1.165, 1.54) is 12.1 Å². The number of fused-ring (bicyclic) bond motifs is 2. The number of hydrogen-bond donors (Lipinski definition) is 6. The number of phenolic OH excluding ortho intramolecular Hbond substituents is 2. The number of carbonyl (C=O) groups excluding carboxylic acids is 1. The first-order chi connectivity index (χ1) is 19.5. The van der Waals surface area contributed by atoms with Crippen LogP contribution < -0.4 is 0 Å². The third kappa shape index (κ3) is 7.85. The number of carbonyl (C=O) groups is 1. The predicted molar refractivity (Wildman–Crippen MR) is 151 cm³/mol. The van der Waals surface area contributed by atoms with Gasteiger partial charge in [0.25, 0.3) is 0 Å². The summed E-state index contributed by atoms with van der Waals surface area (Å²) in [7, 11) is 0. The number of ether oxygens (including phenoxy) is 3. The zero-order chi connectivity index (χ0) is 30.2. The monoisotopic (exact) mass is 574 g/mol. The summed E-state index contributed by atoms with van der Waals surface area (Å²) in [5, 5.41) is 62.1. The number of aliphatic hydroxyl groups is 4. The highest BCUT2D eigenvalue weighted by molar-refractivity contribution is 5.82. The second-order valence-corrected chi connectivity index (χ2v) is 10.6. The fourth-order valence-corrected chi connectivity index (χ4v) is 4.82. The van der Waals surface area contributed by atoms with Gasteiger partial charge in [0.1, 0.15) is 23.7 Å². The first kappa shape index (κ1) is 32.5. The van der Waals surface area contributed by atoms with Gasteiger partial charge in [-0.25, -0.2) is 4.79 Å². The van der Waals surface area contributed by atoms with Crippen molar-refractivity contribution in [3.63, 3.8) is 0 Å². The SMILES string of the molecule is CC[C@H](C)CCC=CC=C(C)[C@@H](O)CC=CC=CC(=O)O[C@@H]1[C@H](O)[C@@H](CO)O[C@]2(OCc3cc(O)cc(O)c32)[C@@H]1O. The van der Waals surface area contributed by atoms with Gasteiger partial charge in [0.2, 0.25) is 5.79 Å². The summed E-state index contributed by atoms with van der Waals surface area (Å²) in [6.07, 6.45) is 8.32. The first-order valence-electron chi connectivity index (χ1n) is 13.9. The highest BCUT2D eigenvalue weighted by Crippen LogP contribution is 2.50. The Labute approximate surface area is 240 Å². The number of hydrogen-bond acceptors (Lipinski definition) is 10. The Morgan fingerprint density at radius 1 is 1.20 bits per heavy atom. The second kappa shape index (κ2) is 14.8. The van der Waals surface area contributed by atoms with Crippen LogP contribution in [0.1, 0.15) is 57.6 Å². The number of benzene rings is 1. The highest BCUT2D eigenvalue weighted by atomic mass is 16.7. The number of esters is 1. The normalized spacial score (nSPS) is 28.1. The molecule has 1 aromatic rings. The van der Waals surface area contributed by atoms with Crippen LogP contribution in [0.4, 0.5) is 0 Å². The van der Waals surface area contributed by atoms with Gasteiger partial charge >= 0.3 is 5.97 Å². The Kier molecular flexibility index (Phi) is 11.7. The summed E-state index contributed by atoms with van der Waals surface area (Å²) >= 11 is 0. The molecular formula is C31H42O10. The van der Waals surface area contributed by atoms with E-state index in [0.717, 1.165) is 37.0 Å². The van der Waals surface area contributed by atoms with Gasteiger partial charge in [0.15, 0.2) is 12.2 Å². The van der Waals surface area contributed by atoms with Crippen molar-refractivity contribution in [1.82, 2.24) is 0 Å². The number of aromatic hydroxyl groups is 2. The molecule has 0 saturated carbocycles. The molecule has 2 aliphatic rings. The second-order valence-electron chi connectivity index (χ2n) is 10.6. The fourth-order valence-electron chi connectivity index (χ4n) is 4.82. The molecule has 6 N–H and O–H groups in total. The molecule has 226 valence electrons. The Hall–Kier alpha value is -2.99. The van der Waals surface area contributed by atoms with Gasteiger partial charge in [0, 0.05) is 12.1 Å². The van der Waals surface area contributed by atoms with Crippen LogP contribution >= 0.6 is 0 Å². The lowest BCUT2D eigenvalue weighted by molar-refractivity contribution is -0.369. The summed E-state index contributed by atoms with van der Waals surface area (Å²) in [6, 6.07) is 2.37. The molecule has 1 spiro atoms.